The Bertz CT molecular complexity index is 1390. The third-order valence-corrected chi connectivity index (χ3v) is 5.83. The number of rotatable bonds is 5. The van der Waals surface area contributed by atoms with E-state index in [1.165, 1.54) is 36.7 Å². The molecule has 0 saturated carbocycles. The molecular formula is C22H16N4O4S. The molecular weight excluding hydrogens is 416 g/mol. The molecule has 0 spiro atoms. The number of aromatic nitrogens is 1. The van der Waals surface area contributed by atoms with Gasteiger partial charge in [-0.25, -0.2) is 8.42 Å². The average Bonchev–Trinajstić information content (AvgIpc) is 2.81. The van der Waals surface area contributed by atoms with Crippen LogP contribution in [0.2, 0.25) is 0 Å². The number of azo groups is 1. The first kappa shape index (κ1) is 20.2. The van der Waals surface area contributed by atoms with E-state index >= 15 is 0 Å². The van der Waals surface area contributed by atoms with Crippen molar-refractivity contribution in [2.24, 2.45) is 10.2 Å². The number of phenolic OH excluding ortho intramolecular Hbond substituents is 1. The Morgan fingerprint density at radius 3 is 2.35 bits per heavy atom. The van der Waals surface area contributed by atoms with Gasteiger partial charge in [0.2, 0.25) is 0 Å². The Morgan fingerprint density at radius 2 is 1.65 bits per heavy atom. The molecule has 0 fully saturated rings. The maximum Gasteiger partial charge on any atom is 0.296 e. The summed E-state index contributed by atoms with van der Waals surface area (Å²) in [5, 5.41) is 18.9. The van der Waals surface area contributed by atoms with E-state index in [4.69, 9.17) is 0 Å². The van der Waals surface area contributed by atoms with Crippen molar-refractivity contribution in [3.05, 3.63) is 90.8 Å². The number of amides is 1. The Hall–Kier alpha value is -4.11. The second kappa shape index (κ2) is 8.33. The minimum absolute atomic E-state index is 0.0540. The van der Waals surface area contributed by atoms with Crippen LogP contribution in [-0.4, -0.2) is 24.4 Å². The summed E-state index contributed by atoms with van der Waals surface area (Å²) in [5.41, 5.74) is 0.373. The van der Waals surface area contributed by atoms with Gasteiger partial charge in [0.25, 0.3) is 15.9 Å². The molecule has 3 aromatic carbocycles. The number of sulfonamides is 1. The number of nitrogens with zero attached hydrogens (tertiary/aromatic N) is 3. The van der Waals surface area contributed by atoms with Crippen molar-refractivity contribution in [2.75, 3.05) is 4.72 Å². The molecule has 1 heterocycles. The molecule has 1 amide bonds. The molecule has 0 aliphatic rings. The van der Waals surface area contributed by atoms with Crippen LogP contribution in [0.5, 0.6) is 5.75 Å². The van der Waals surface area contributed by atoms with Gasteiger partial charge in [-0.2, -0.15) is 0 Å². The zero-order valence-electron chi connectivity index (χ0n) is 16.0. The van der Waals surface area contributed by atoms with Crippen LogP contribution in [0.4, 0.5) is 11.4 Å². The standard InChI is InChI=1S/C22H16N4O4S/c27-21-18-11-5-4-10-17(18)19(26-31(29,30)16-8-2-1-3-9-16)13-20(21)24-25-22(28)15-7-6-12-23-14-15/h1-14,26-27H. The van der Waals surface area contributed by atoms with Gasteiger partial charge >= 0.3 is 0 Å². The zero-order valence-corrected chi connectivity index (χ0v) is 16.8. The molecule has 0 atom stereocenters. The first-order chi connectivity index (χ1) is 15.0. The van der Waals surface area contributed by atoms with Crippen LogP contribution in [0.15, 0.2) is 100 Å². The molecule has 2 N–H and O–H groups in total. The third kappa shape index (κ3) is 4.26. The summed E-state index contributed by atoms with van der Waals surface area (Å²) in [6, 6.07) is 19.0. The highest BCUT2D eigenvalue weighted by molar-refractivity contribution is 7.92. The summed E-state index contributed by atoms with van der Waals surface area (Å²) in [6.07, 6.45) is 2.87. The van der Waals surface area contributed by atoms with E-state index in [9.17, 15) is 18.3 Å². The lowest BCUT2D eigenvalue weighted by Crippen LogP contribution is -2.13. The summed E-state index contributed by atoms with van der Waals surface area (Å²) in [5.74, 6) is -0.868. The summed E-state index contributed by atoms with van der Waals surface area (Å²) in [4.78, 5) is 16.1. The van der Waals surface area contributed by atoms with Gasteiger partial charge in [-0.3, -0.25) is 14.5 Å². The van der Waals surface area contributed by atoms with E-state index in [0.717, 1.165) is 0 Å². The van der Waals surface area contributed by atoms with Crippen molar-refractivity contribution < 1.29 is 18.3 Å². The number of fused-ring (bicyclic) bond motifs is 1. The molecule has 0 aliphatic heterocycles. The van der Waals surface area contributed by atoms with Crippen molar-refractivity contribution >= 4 is 38.1 Å². The minimum atomic E-state index is -3.89. The number of hydrogen-bond acceptors (Lipinski definition) is 6. The van der Waals surface area contributed by atoms with Gasteiger partial charge in [-0.1, -0.05) is 42.5 Å². The molecule has 1 aromatic heterocycles. The largest absolute Gasteiger partial charge is 0.505 e. The third-order valence-electron chi connectivity index (χ3n) is 4.45. The van der Waals surface area contributed by atoms with Crippen molar-refractivity contribution in [3.8, 4) is 5.75 Å². The number of phenols is 1. The van der Waals surface area contributed by atoms with E-state index < -0.39 is 15.9 Å². The molecule has 0 aliphatic carbocycles. The van der Waals surface area contributed by atoms with Crippen LogP contribution in [0.25, 0.3) is 10.8 Å². The van der Waals surface area contributed by atoms with Crippen molar-refractivity contribution in [2.45, 2.75) is 4.90 Å². The smallest absolute Gasteiger partial charge is 0.296 e. The lowest BCUT2D eigenvalue weighted by atomic mass is 10.1. The molecule has 9 heteroatoms. The molecule has 0 unspecified atom stereocenters. The molecule has 154 valence electrons. The summed E-state index contributed by atoms with van der Waals surface area (Å²) in [6.45, 7) is 0. The van der Waals surface area contributed by atoms with Gasteiger partial charge in [0.1, 0.15) is 5.69 Å². The average molecular weight is 432 g/mol. The van der Waals surface area contributed by atoms with Gasteiger partial charge in [-0.15, -0.1) is 10.2 Å². The minimum Gasteiger partial charge on any atom is -0.505 e. The van der Waals surface area contributed by atoms with Crippen LogP contribution >= 0.6 is 0 Å². The normalized spacial score (nSPS) is 11.6. The lowest BCUT2D eigenvalue weighted by molar-refractivity contribution is 0.0994. The van der Waals surface area contributed by atoms with Gasteiger partial charge in [-0.05, 0) is 30.3 Å². The van der Waals surface area contributed by atoms with Gasteiger partial charge in [0.15, 0.2) is 5.75 Å². The number of hydrogen-bond donors (Lipinski definition) is 2. The lowest BCUT2D eigenvalue weighted by Gasteiger charge is -2.13. The highest BCUT2D eigenvalue weighted by Crippen LogP contribution is 2.40. The monoisotopic (exact) mass is 432 g/mol. The maximum absolute atomic E-state index is 12.8. The van der Waals surface area contributed by atoms with Gasteiger partial charge in [0.05, 0.1) is 16.1 Å². The highest BCUT2D eigenvalue weighted by atomic mass is 32.2. The molecule has 8 nitrogen and oxygen atoms in total. The first-order valence-electron chi connectivity index (χ1n) is 9.14. The maximum atomic E-state index is 12.8. The van der Waals surface area contributed by atoms with Crippen LogP contribution in [0.1, 0.15) is 10.4 Å². The van der Waals surface area contributed by atoms with Crippen LogP contribution in [0.3, 0.4) is 0 Å². The predicted octanol–water partition coefficient (Wildman–Crippen LogP) is 4.67. The molecule has 0 saturated heterocycles. The van der Waals surface area contributed by atoms with E-state index in [0.29, 0.717) is 10.8 Å². The SMILES string of the molecule is O=C(N=Nc1cc(NS(=O)(=O)c2ccccc2)c2ccccc2c1O)c1cccnc1. The fourth-order valence-corrected chi connectivity index (χ4v) is 4.05. The first-order valence-corrected chi connectivity index (χ1v) is 10.6. The number of anilines is 1. The van der Waals surface area contributed by atoms with Crippen LogP contribution < -0.4 is 4.72 Å². The Kier molecular flexibility index (Phi) is 5.42. The Morgan fingerprint density at radius 1 is 0.935 bits per heavy atom. The number of benzene rings is 3. The highest BCUT2D eigenvalue weighted by Gasteiger charge is 2.18. The molecule has 4 aromatic rings. The molecule has 31 heavy (non-hydrogen) atoms. The van der Waals surface area contributed by atoms with Crippen LogP contribution in [-0.2, 0) is 10.0 Å². The van der Waals surface area contributed by atoms with Crippen molar-refractivity contribution in [1.29, 1.82) is 0 Å². The van der Waals surface area contributed by atoms with Crippen molar-refractivity contribution in [1.82, 2.24) is 4.98 Å². The van der Waals surface area contributed by atoms with E-state index in [-0.39, 0.29) is 27.6 Å². The molecule has 4 rings (SSSR count). The fourth-order valence-electron chi connectivity index (χ4n) is 2.96. The summed E-state index contributed by atoms with van der Waals surface area (Å²) < 4.78 is 28.1. The van der Waals surface area contributed by atoms with E-state index in [2.05, 4.69) is 19.9 Å². The number of aromatic hydroxyl groups is 1. The number of pyridine rings is 1. The number of carbonyl (C=O) groups excluding carboxylic acids is 1. The predicted molar refractivity (Wildman–Crippen MR) is 116 cm³/mol. The quantitative estimate of drug-likeness (QED) is 0.351. The van der Waals surface area contributed by atoms with Crippen LogP contribution in [0, 0.1) is 0 Å². The fraction of sp³-hybridized carbons (Fsp3) is 0. The number of nitrogens with one attached hydrogen (secondary N) is 1. The summed E-state index contributed by atoms with van der Waals surface area (Å²) in [7, 11) is -3.89. The van der Waals surface area contributed by atoms with E-state index in [1.807, 2.05) is 0 Å². The van der Waals surface area contributed by atoms with Gasteiger partial charge < -0.3 is 5.11 Å². The van der Waals surface area contributed by atoms with Gasteiger partial charge in [0, 0.05) is 23.2 Å². The van der Waals surface area contributed by atoms with E-state index in [1.54, 1.807) is 48.5 Å². The van der Waals surface area contributed by atoms with Crippen molar-refractivity contribution in [3.63, 3.8) is 0 Å². The topological polar surface area (TPSA) is 121 Å². The number of carbonyl (C=O) groups is 1. The molecule has 0 bridgehead atoms. The zero-order chi connectivity index (χ0) is 21.8. The second-order valence-electron chi connectivity index (χ2n) is 6.50. The Balaban J connectivity index is 1.77. The second-order valence-corrected chi connectivity index (χ2v) is 8.19. The molecule has 0 radical (unpaired) electrons. The summed E-state index contributed by atoms with van der Waals surface area (Å²) >= 11 is 0. The Labute approximate surface area is 178 Å².